The van der Waals surface area contributed by atoms with Crippen molar-refractivity contribution in [1.82, 2.24) is 0 Å². The quantitative estimate of drug-likeness (QED) is 0.587. The molecule has 0 aliphatic heterocycles. The lowest BCUT2D eigenvalue weighted by Crippen LogP contribution is -2.68. The Bertz CT molecular complexity index is 792. The molecule has 0 heterocycles. The zero-order valence-electron chi connectivity index (χ0n) is 18.7. The van der Waals surface area contributed by atoms with Gasteiger partial charge in [0, 0.05) is 5.92 Å². The average molecular weight is 427 g/mol. The molecule has 0 unspecified atom stereocenters. The predicted molar refractivity (Wildman–Crippen MR) is 122 cm³/mol. The van der Waals surface area contributed by atoms with Gasteiger partial charge in [-0.05, 0) is 28.3 Å². The molecule has 30 heavy (non-hydrogen) atoms. The number of aliphatic hydroxyl groups is 1. The highest BCUT2D eigenvalue weighted by atomic mass is 28.4. The zero-order valence-corrected chi connectivity index (χ0v) is 19.7. The lowest BCUT2D eigenvalue weighted by atomic mass is 9.79. The number of hydrogen-bond donors (Lipinski definition) is 1. The van der Waals surface area contributed by atoms with Crippen LogP contribution in [0.5, 0.6) is 0 Å². The van der Waals surface area contributed by atoms with Gasteiger partial charge in [0.1, 0.15) is 0 Å². The molecule has 0 spiro atoms. The van der Waals surface area contributed by atoms with E-state index in [9.17, 15) is 9.90 Å². The first kappa shape index (κ1) is 22.7. The Morgan fingerprint density at radius 1 is 0.967 bits per heavy atom. The van der Waals surface area contributed by atoms with Gasteiger partial charge < -0.3 is 14.3 Å². The molecule has 1 saturated carbocycles. The highest BCUT2D eigenvalue weighted by Gasteiger charge is 2.53. The fourth-order valence-corrected chi connectivity index (χ4v) is 9.56. The van der Waals surface area contributed by atoms with Crippen molar-refractivity contribution in [2.24, 2.45) is 11.8 Å². The molecule has 1 fully saturated rings. The van der Waals surface area contributed by atoms with E-state index < -0.39 is 14.4 Å². The average Bonchev–Trinajstić information content (AvgIpc) is 2.74. The molecule has 2 aromatic carbocycles. The molecule has 0 saturated heterocycles. The third kappa shape index (κ3) is 4.24. The van der Waals surface area contributed by atoms with Crippen LogP contribution in [0.2, 0.25) is 5.04 Å². The number of aliphatic hydroxyl groups excluding tert-OH is 1. The maximum atomic E-state index is 12.3. The largest absolute Gasteiger partial charge is 0.469 e. The van der Waals surface area contributed by atoms with E-state index >= 15 is 0 Å². The van der Waals surface area contributed by atoms with E-state index in [1.165, 1.54) is 17.5 Å². The van der Waals surface area contributed by atoms with E-state index in [-0.39, 0.29) is 28.9 Å². The fourth-order valence-electron chi connectivity index (χ4n) is 4.78. The van der Waals surface area contributed by atoms with Gasteiger partial charge in [-0.3, -0.25) is 4.79 Å². The highest BCUT2D eigenvalue weighted by molar-refractivity contribution is 6.99. The molecule has 0 aromatic heterocycles. The lowest BCUT2D eigenvalue weighted by molar-refractivity contribution is -0.151. The fraction of sp³-hybridized carbons (Fsp3) is 0.480. The number of methoxy groups -OCH3 is 1. The van der Waals surface area contributed by atoms with E-state index in [1.54, 1.807) is 0 Å². The summed E-state index contributed by atoms with van der Waals surface area (Å²) in [6.45, 7) is 8.74. The molecule has 3 rings (SSSR count). The Morgan fingerprint density at radius 3 is 1.90 bits per heavy atom. The van der Waals surface area contributed by atoms with Crippen LogP contribution in [-0.4, -0.2) is 38.7 Å². The Labute approximate surface area is 181 Å². The summed E-state index contributed by atoms with van der Waals surface area (Å²) in [5, 5.41) is 13.0. The van der Waals surface area contributed by atoms with Gasteiger partial charge in [0.2, 0.25) is 0 Å². The highest BCUT2D eigenvalue weighted by Crippen LogP contribution is 2.41. The SMILES string of the molecule is COC(=O)[C@H]1C[C@@H](O)[C@H](C)[C@@H](O[Si](c2ccccc2)(c2ccccc2)C(C)(C)C)C1. The normalized spacial score (nSPS) is 25.0. The Balaban J connectivity index is 2.12. The second-order valence-electron chi connectivity index (χ2n) is 9.44. The number of hydrogen-bond acceptors (Lipinski definition) is 4. The minimum Gasteiger partial charge on any atom is -0.469 e. The van der Waals surface area contributed by atoms with Crippen LogP contribution < -0.4 is 10.4 Å². The van der Waals surface area contributed by atoms with Crippen LogP contribution in [0.3, 0.4) is 0 Å². The minimum absolute atomic E-state index is 0.0624. The van der Waals surface area contributed by atoms with E-state index in [0.717, 1.165) is 0 Å². The number of benzene rings is 2. The Hall–Kier alpha value is -1.95. The molecule has 4 atom stereocenters. The van der Waals surface area contributed by atoms with E-state index in [1.807, 2.05) is 19.1 Å². The summed E-state index contributed by atoms with van der Waals surface area (Å²) >= 11 is 0. The summed E-state index contributed by atoms with van der Waals surface area (Å²) in [5.74, 6) is -0.672. The first-order valence-electron chi connectivity index (χ1n) is 10.8. The van der Waals surface area contributed by atoms with Crippen molar-refractivity contribution in [2.45, 2.75) is 57.8 Å². The Morgan fingerprint density at radius 2 is 1.47 bits per heavy atom. The third-order valence-corrected chi connectivity index (χ3v) is 11.6. The van der Waals surface area contributed by atoms with Crippen molar-refractivity contribution in [2.75, 3.05) is 7.11 Å². The standard InChI is InChI=1S/C25H34O4Si/c1-18-22(26)16-19(24(27)28-5)17-23(18)29-30(25(2,3)4,20-12-8-6-9-13-20)21-14-10-7-11-15-21/h6-15,18-19,22-23,26H,16-17H2,1-5H3/t18-,19-,22+,23-/m0/s1. The molecule has 2 aromatic rings. The number of rotatable bonds is 5. The molecular formula is C25H34O4Si. The second-order valence-corrected chi connectivity index (χ2v) is 13.7. The van der Waals surface area contributed by atoms with Crippen LogP contribution in [-0.2, 0) is 14.0 Å². The Kier molecular flexibility index (Phi) is 6.85. The maximum absolute atomic E-state index is 12.3. The summed E-state index contributed by atoms with van der Waals surface area (Å²) in [7, 11) is -1.34. The molecule has 0 amide bonds. The number of carbonyl (C=O) groups is 1. The summed E-state index contributed by atoms with van der Waals surface area (Å²) in [6, 6.07) is 20.9. The van der Waals surface area contributed by atoms with Crippen molar-refractivity contribution in [1.29, 1.82) is 0 Å². The number of carbonyl (C=O) groups excluding carboxylic acids is 1. The van der Waals surface area contributed by atoms with Crippen LogP contribution in [0.15, 0.2) is 60.7 Å². The molecule has 5 heteroatoms. The van der Waals surface area contributed by atoms with Crippen molar-refractivity contribution in [3.8, 4) is 0 Å². The summed E-state index contributed by atoms with van der Waals surface area (Å²) in [4.78, 5) is 12.3. The lowest BCUT2D eigenvalue weighted by Gasteiger charge is -2.48. The number of ether oxygens (including phenoxy) is 1. The second kappa shape index (κ2) is 9.04. The molecule has 0 bridgehead atoms. The van der Waals surface area contributed by atoms with Gasteiger partial charge in [-0.15, -0.1) is 0 Å². The van der Waals surface area contributed by atoms with Crippen LogP contribution in [0, 0.1) is 11.8 Å². The zero-order chi connectivity index (χ0) is 21.9. The van der Waals surface area contributed by atoms with Crippen LogP contribution in [0.1, 0.15) is 40.5 Å². The van der Waals surface area contributed by atoms with Crippen molar-refractivity contribution >= 4 is 24.7 Å². The monoisotopic (exact) mass is 426 g/mol. The predicted octanol–water partition coefficient (Wildman–Crippen LogP) is 3.51. The van der Waals surface area contributed by atoms with Gasteiger partial charge in [0.25, 0.3) is 8.32 Å². The molecule has 4 nitrogen and oxygen atoms in total. The minimum atomic E-state index is -2.75. The topological polar surface area (TPSA) is 55.8 Å². The van der Waals surface area contributed by atoms with Crippen LogP contribution in [0.4, 0.5) is 0 Å². The molecule has 1 N–H and O–H groups in total. The van der Waals surface area contributed by atoms with Gasteiger partial charge in [-0.2, -0.15) is 0 Å². The van der Waals surface area contributed by atoms with Gasteiger partial charge in [-0.1, -0.05) is 88.4 Å². The third-order valence-electron chi connectivity index (χ3n) is 6.52. The summed E-state index contributed by atoms with van der Waals surface area (Å²) in [5.41, 5.74) is 0. The molecule has 1 aliphatic carbocycles. The summed E-state index contributed by atoms with van der Waals surface area (Å²) < 4.78 is 12.2. The molecular weight excluding hydrogens is 392 g/mol. The molecule has 1 aliphatic rings. The maximum Gasteiger partial charge on any atom is 0.308 e. The van der Waals surface area contributed by atoms with Crippen LogP contribution in [0.25, 0.3) is 0 Å². The van der Waals surface area contributed by atoms with Crippen molar-refractivity contribution < 1.29 is 19.1 Å². The molecule has 0 radical (unpaired) electrons. The molecule has 162 valence electrons. The smallest absolute Gasteiger partial charge is 0.308 e. The van der Waals surface area contributed by atoms with Crippen LogP contribution >= 0.6 is 0 Å². The van der Waals surface area contributed by atoms with E-state index in [0.29, 0.717) is 12.8 Å². The van der Waals surface area contributed by atoms with Gasteiger partial charge in [0.15, 0.2) is 0 Å². The van der Waals surface area contributed by atoms with Crippen molar-refractivity contribution in [3.05, 3.63) is 60.7 Å². The van der Waals surface area contributed by atoms with E-state index in [2.05, 4.69) is 69.3 Å². The van der Waals surface area contributed by atoms with Gasteiger partial charge >= 0.3 is 5.97 Å². The first-order valence-corrected chi connectivity index (χ1v) is 12.7. The van der Waals surface area contributed by atoms with Crippen molar-refractivity contribution in [3.63, 3.8) is 0 Å². The van der Waals surface area contributed by atoms with Gasteiger partial charge in [-0.25, -0.2) is 0 Å². The van der Waals surface area contributed by atoms with E-state index in [4.69, 9.17) is 9.16 Å². The van der Waals surface area contributed by atoms with Gasteiger partial charge in [0.05, 0.1) is 25.2 Å². The first-order chi connectivity index (χ1) is 14.2. The number of esters is 1. The summed E-state index contributed by atoms with van der Waals surface area (Å²) in [6.07, 6.45) is 0.166.